The SMILES string of the molecule is CC(C)N1CCC(N2CC[C@@H](N)C2)C1=O. The summed E-state index contributed by atoms with van der Waals surface area (Å²) in [5.74, 6) is 0.305. The van der Waals surface area contributed by atoms with Crippen LogP contribution in [0.3, 0.4) is 0 Å². The van der Waals surface area contributed by atoms with E-state index in [9.17, 15) is 4.79 Å². The highest BCUT2D eigenvalue weighted by molar-refractivity contribution is 5.84. The molecule has 0 spiro atoms. The highest BCUT2D eigenvalue weighted by atomic mass is 16.2. The van der Waals surface area contributed by atoms with Gasteiger partial charge in [-0.1, -0.05) is 0 Å². The minimum atomic E-state index is 0.112. The molecule has 2 heterocycles. The van der Waals surface area contributed by atoms with Crippen molar-refractivity contribution in [1.29, 1.82) is 0 Å². The first-order valence-corrected chi connectivity index (χ1v) is 5.89. The standard InChI is InChI=1S/C11H21N3O/c1-8(2)14-6-4-10(11(14)15)13-5-3-9(12)7-13/h8-10H,3-7,12H2,1-2H3/t9-,10?/m1/s1. The zero-order valence-corrected chi connectivity index (χ0v) is 9.65. The molecule has 2 aliphatic heterocycles. The first kappa shape index (κ1) is 10.9. The van der Waals surface area contributed by atoms with Crippen molar-refractivity contribution >= 4 is 5.91 Å². The van der Waals surface area contributed by atoms with Gasteiger partial charge >= 0.3 is 0 Å². The second kappa shape index (κ2) is 4.10. The van der Waals surface area contributed by atoms with Gasteiger partial charge in [0.05, 0.1) is 6.04 Å². The van der Waals surface area contributed by atoms with Crippen molar-refractivity contribution in [3.63, 3.8) is 0 Å². The zero-order chi connectivity index (χ0) is 11.0. The third kappa shape index (κ3) is 2.01. The predicted octanol–water partition coefficient (Wildman–Crippen LogP) is 0.0287. The maximum absolute atomic E-state index is 12.1. The van der Waals surface area contributed by atoms with Gasteiger partial charge in [-0.25, -0.2) is 0 Å². The van der Waals surface area contributed by atoms with Crippen molar-refractivity contribution in [3.05, 3.63) is 0 Å². The van der Waals surface area contributed by atoms with Gasteiger partial charge in [0, 0.05) is 31.7 Å². The summed E-state index contributed by atoms with van der Waals surface area (Å²) in [6, 6.07) is 0.714. The molecule has 0 aromatic heterocycles. The molecule has 2 N–H and O–H groups in total. The number of hydrogen-bond donors (Lipinski definition) is 1. The van der Waals surface area contributed by atoms with E-state index in [1.165, 1.54) is 0 Å². The molecule has 0 saturated carbocycles. The minimum Gasteiger partial charge on any atom is -0.339 e. The maximum Gasteiger partial charge on any atom is 0.240 e. The number of carbonyl (C=O) groups excluding carboxylic acids is 1. The lowest BCUT2D eigenvalue weighted by Gasteiger charge is -2.25. The Morgan fingerprint density at radius 1 is 1.33 bits per heavy atom. The lowest BCUT2D eigenvalue weighted by atomic mass is 10.2. The van der Waals surface area contributed by atoms with Crippen LogP contribution in [0.25, 0.3) is 0 Å². The lowest BCUT2D eigenvalue weighted by molar-refractivity contribution is -0.133. The Morgan fingerprint density at radius 2 is 2.07 bits per heavy atom. The summed E-state index contributed by atoms with van der Waals surface area (Å²) in [7, 11) is 0. The Kier molecular flexibility index (Phi) is 2.98. The van der Waals surface area contributed by atoms with Gasteiger partial charge < -0.3 is 10.6 Å². The Balaban J connectivity index is 1.98. The van der Waals surface area contributed by atoms with Crippen LogP contribution in [0.4, 0.5) is 0 Å². The highest BCUT2D eigenvalue weighted by Gasteiger charge is 2.38. The number of rotatable bonds is 2. The molecule has 2 rings (SSSR count). The van der Waals surface area contributed by atoms with Crippen LogP contribution in [0, 0.1) is 0 Å². The molecular formula is C11H21N3O. The summed E-state index contributed by atoms with van der Waals surface area (Å²) in [4.78, 5) is 16.3. The molecule has 2 atom stereocenters. The molecule has 2 aliphatic rings. The van der Waals surface area contributed by atoms with Crippen LogP contribution in [0.2, 0.25) is 0 Å². The van der Waals surface area contributed by atoms with Gasteiger partial charge in [-0.2, -0.15) is 0 Å². The van der Waals surface area contributed by atoms with E-state index >= 15 is 0 Å². The molecule has 0 aromatic rings. The Morgan fingerprint density at radius 3 is 2.53 bits per heavy atom. The number of nitrogens with zero attached hydrogens (tertiary/aromatic N) is 2. The fraction of sp³-hybridized carbons (Fsp3) is 0.909. The van der Waals surface area contributed by atoms with Crippen LogP contribution in [0.5, 0.6) is 0 Å². The number of carbonyl (C=O) groups is 1. The average molecular weight is 211 g/mol. The van der Waals surface area contributed by atoms with E-state index in [1.807, 2.05) is 4.90 Å². The lowest BCUT2D eigenvalue weighted by Crippen LogP contribution is -2.43. The van der Waals surface area contributed by atoms with Gasteiger partial charge in [0.1, 0.15) is 0 Å². The van der Waals surface area contributed by atoms with Crippen molar-refractivity contribution < 1.29 is 4.79 Å². The molecule has 15 heavy (non-hydrogen) atoms. The fourth-order valence-electron chi connectivity index (χ4n) is 2.64. The van der Waals surface area contributed by atoms with Crippen molar-refractivity contribution in [1.82, 2.24) is 9.80 Å². The third-order valence-corrected chi connectivity index (χ3v) is 3.53. The zero-order valence-electron chi connectivity index (χ0n) is 9.65. The van der Waals surface area contributed by atoms with Crippen LogP contribution in [-0.4, -0.2) is 53.5 Å². The van der Waals surface area contributed by atoms with Gasteiger partial charge in [0.15, 0.2) is 0 Å². The fourth-order valence-corrected chi connectivity index (χ4v) is 2.64. The second-order valence-corrected chi connectivity index (χ2v) is 4.97. The van der Waals surface area contributed by atoms with Crippen LogP contribution < -0.4 is 5.73 Å². The summed E-state index contributed by atoms with van der Waals surface area (Å²) in [6.07, 6.45) is 2.01. The summed E-state index contributed by atoms with van der Waals surface area (Å²) >= 11 is 0. The summed E-state index contributed by atoms with van der Waals surface area (Å²) in [5.41, 5.74) is 5.87. The van der Waals surface area contributed by atoms with Crippen molar-refractivity contribution in [2.24, 2.45) is 5.73 Å². The highest BCUT2D eigenvalue weighted by Crippen LogP contribution is 2.22. The smallest absolute Gasteiger partial charge is 0.240 e. The molecule has 1 unspecified atom stereocenters. The monoisotopic (exact) mass is 211 g/mol. The molecular weight excluding hydrogens is 190 g/mol. The normalized spacial score (nSPS) is 33.3. The first-order chi connectivity index (χ1) is 7.09. The molecule has 1 amide bonds. The molecule has 86 valence electrons. The van der Waals surface area contributed by atoms with E-state index in [0.29, 0.717) is 11.9 Å². The average Bonchev–Trinajstić information content (AvgIpc) is 2.71. The molecule has 2 saturated heterocycles. The van der Waals surface area contributed by atoms with Gasteiger partial charge in [-0.3, -0.25) is 9.69 Å². The second-order valence-electron chi connectivity index (χ2n) is 4.97. The van der Waals surface area contributed by atoms with Gasteiger partial charge in [0.25, 0.3) is 0 Å². The topological polar surface area (TPSA) is 49.6 Å². The predicted molar refractivity (Wildman–Crippen MR) is 59.4 cm³/mol. The number of likely N-dealkylation sites (tertiary alicyclic amines) is 2. The van der Waals surface area contributed by atoms with Crippen LogP contribution in [-0.2, 0) is 4.79 Å². The first-order valence-electron chi connectivity index (χ1n) is 5.89. The van der Waals surface area contributed by atoms with E-state index < -0.39 is 0 Å². The van der Waals surface area contributed by atoms with E-state index in [-0.39, 0.29) is 12.1 Å². The summed E-state index contributed by atoms with van der Waals surface area (Å²) in [6.45, 7) is 6.95. The molecule has 4 nitrogen and oxygen atoms in total. The Labute approximate surface area is 91.4 Å². The summed E-state index contributed by atoms with van der Waals surface area (Å²) < 4.78 is 0. The largest absolute Gasteiger partial charge is 0.339 e. The summed E-state index contributed by atoms with van der Waals surface area (Å²) in [5, 5.41) is 0. The quantitative estimate of drug-likeness (QED) is 0.701. The van der Waals surface area contributed by atoms with E-state index in [2.05, 4.69) is 18.7 Å². The molecule has 4 heteroatoms. The Hall–Kier alpha value is -0.610. The number of nitrogens with two attached hydrogens (primary N) is 1. The maximum atomic E-state index is 12.1. The van der Waals surface area contributed by atoms with Gasteiger partial charge in [-0.05, 0) is 26.7 Å². The van der Waals surface area contributed by atoms with Crippen molar-refractivity contribution in [3.8, 4) is 0 Å². The van der Waals surface area contributed by atoms with E-state index in [4.69, 9.17) is 5.73 Å². The number of hydrogen-bond acceptors (Lipinski definition) is 3. The molecule has 0 radical (unpaired) electrons. The van der Waals surface area contributed by atoms with Crippen molar-refractivity contribution in [2.45, 2.75) is 44.8 Å². The number of amides is 1. The van der Waals surface area contributed by atoms with Crippen LogP contribution >= 0.6 is 0 Å². The Bertz CT molecular complexity index is 254. The third-order valence-electron chi connectivity index (χ3n) is 3.53. The van der Waals surface area contributed by atoms with Gasteiger partial charge in [0.2, 0.25) is 5.91 Å². The minimum absolute atomic E-state index is 0.112. The van der Waals surface area contributed by atoms with Crippen LogP contribution in [0.1, 0.15) is 26.7 Å². The van der Waals surface area contributed by atoms with E-state index in [0.717, 1.165) is 32.5 Å². The molecule has 0 bridgehead atoms. The molecule has 0 aromatic carbocycles. The molecule has 0 aliphatic carbocycles. The van der Waals surface area contributed by atoms with Crippen molar-refractivity contribution in [2.75, 3.05) is 19.6 Å². The van der Waals surface area contributed by atoms with Crippen LogP contribution in [0.15, 0.2) is 0 Å². The molecule has 2 fully saturated rings. The van der Waals surface area contributed by atoms with Gasteiger partial charge in [-0.15, -0.1) is 0 Å². The van der Waals surface area contributed by atoms with E-state index in [1.54, 1.807) is 0 Å².